The summed E-state index contributed by atoms with van der Waals surface area (Å²) in [7, 11) is -2.58. The Morgan fingerprint density at radius 1 is 1.00 bits per heavy atom. The summed E-state index contributed by atoms with van der Waals surface area (Å²) >= 11 is 8.51. The number of rotatable bonds is 11. The molecular weight excluding hydrogens is 632 g/mol. The monoisotopic (exact) mass is 664 g/mol. The first kappa shape index (κ1) is 31.6. The van der Waals surface area contributed by atoms with Gasteiger partial charge in [0.1, 0.15) is 10.3 Å². The van der Waals surface area contributed by atoms with Crippen molar-refractivity contribution >= 4 is 62.1 Å². The van der Waals surface area contributed by atoms with Crippen LogP contribution in [0.4, 0.5) is 0 Å². The molecule has 0 aliphatic carbocycles. The fraction of sp³-hybridized carbons (Fsp3) is 0.414. The highest BCUT2D eigenvalue weighted by atomic mass is 35.5. The van der Waals surface area contributed by atoms with Gasteiger partial charge in [0, 0.05) is 42.0 Å². The Bertz CT molecular complexity index is 1570. The van der Waals surface area contributed by atoms with E-state index in [2.05, 4.69) is 10.0 Å². The minimum Gasteiger partial charge on any atom is -0.465 e. The number of carbonyl (C=O) groups excluding carboxylic acids is 3. The van der Waals surface area contributed by atoms with E-state index in [4.69, 9.17) is 16.3 Å². The summed E-state index contributed by atoms with van der Waals surface area (Å²) in [4.78, 5) is 43.2. The number of piperidine rings is 1. The molecule has 14 heteroatoms. The number of likely N-dealkylation sites (tertiary alicyclic amines) is 2. The fourth-order valence-corrected chi connectivity index (χ4v) is 9.07. The number of hydrogen-bond acceptors (Lipinski definition) is 9. The molecule has 2 aromatic heterocycles. The summed E-state index contributed by atoms with van der Waals surface area (Å²) in [5.74, 6) is -0.900. The summed E-state index contributed by atoms with van der Waals surface area (Å²) < 4.78 is 34.3. The molecule has 10 nitrogen and oxygen atoms in total. The van der Waals surface area contributed by atoms with Crippen LogP contribution in [0.15, 0.2) is 52.7 Å². The first-order valence-electron chi connectivity index (χ1n) is 14.0. The van der Waals surface area contributed by atoms with E-state index < -0.39 is 16.1 Å². The molecular formula is C29H33ClN4O6S3. The summed E-state index contributed by atoms with van der Waals surface area (Å²) in [6.07, 6.45) is 2.70. The average molecular weight is 665 g/mol. The molecule has 0 radical (unpaired) electrons. The summed E-state index contributed by atoms with van der Waals surface area (Å²) in [6.45, 7) is 2.13. The molecule has 4 heterocycles. The quantitative estimate of drug-likeness (QED) is 0.297. The number of ether oxygens (including phenoxy) is 1. The van der Waals surface area contributed by atoms with Crippen LogP contribution in [-0.4, -0.2) is 81.4 Å². The van der Waals surface area contributed by atoms with Crippen LogP contribution in [0.2, 0.25) is 4.34 Å². The average Bonchev–Trinajstić information content (AvgIpc) is 3.76. The molecule has 2 amide bonds. The molecule has 2 N–H and O–H groups in total. The lowest BCUT2D eigenvalue weighted by molar-refractivity contribution is -0.143. The number of halogens is 1. The Kier molecular flexibility index (Phi) is 10.2. The third-order valence-electron chi connectivity index (χ3n) is 7.60. The number of methoxy groups -OCH3 is 1. The standard InChI is InChI=1S/C29H33ClN4O6S3/c1-40-29(37)20-8-6-19(7-9-20)16-31-17-21-4-2-15-34(21)26(35)18-33-14-3-5-22(28(33)36)32-43(38,39)27-13-11-24(42-27)23-10-12-25(30)41-23/h6-13,21-22,31-32H,2-5,14-18H2,1H3/t21-,22-/m0/s1. The first-order chi connectivity index (χ1) is 20.6. The molecule has 0 bridgehead atoms. The van der Waals surface area contributed by atoms with E-state index in [9.17, 15) is 22.8 Å². The van der Waals surface area contributed by atoms with Crippen LogP contribution in [0.3, 0.4) is 0 Å². The van der Waals surface area contributed by atoms with Crippen molar-refractivity contribution in [3.05, 3.63) is 64.0 Å². The number of sulfonamides is 1. The van der Waals surface area contributed by atoms with Gasteiger partial charge in [-0.05, 0) is 67.6 Å². The van der Waals surface area contributed by atoms with E-state index >= 15 is 0 Å². The van der Waals surface area contributed by atoms with Crippen LogP contribution in [0.25, 0.3) is 9.75 Å². The van der Waals surface area contributed by atoms with Gasteiger partial charge in [-0.1, -0.05) is 23.7 Å². The van der Waals surface area contributed by atoms with Gasteiger partial charge >= 0.3 is 5.97 Å². The minimum atomic E-state index is -3.92. The Balaban J connectivity index is 1.13. The largest absolute Gasteiger partial charge is 0.465 e. The zero-order chi connectivity index (χ0) is 30.6. The van der Waals surface area contributed by atoms with Gasteiger partial charge in [-0.2, -0.15) is 4.72 Å². The van der Waals surface area contributed by atoms with Crippen LogP contribution in [0.1, 0.15) is 41.6 Å². The van der Waals surface area contributed by atoms with Crippen LogP contribution in [-0.2, 0) is 30.9 Å². The highest BCUT2D eigenvalue weighted by Gasteiger charge is 2.36. The van der Waals surface area contributed by atoms with Crippen LogP contribution >= 0.6 is 34.3 Å². The molecule has 0 saturated carbocycles. The first-order valence-corrected chi connectivity index (χ1v) is 17.5. The smallest absolute Gasteiger partial charge is 0.337 e. The van der Waals surface area contributed by atoms with E-state index in [0.717, 1.165) is 39.5 Å². The Morgan fingerprint density at radius 3 is 2.44 bits per heavy atom. The topological polar surface area (TPSA) is 125 Å². The van der Waals surface area contributed by atoms with E-state index in [1.165, 1.54) is 29.4 Å². The Hall–Kier alpha value is -2.81. The molecule has 5 rings (SSSR count). The number of nitrogens with one attached hydrogen (secondary N) is 2. The maximum Gasteiger partial charge on any atom is 0.337 e. The number of carbonyl (C=O) groups is 3. The van der Waals surface area contributed by atoms with Crippen molar-refractivity contribution in [1.29, 1.82) is 0 Å². The van der Waals surface area contributed by atoms with Gasteiger partial charge in [-0.3, -0.25) is 9.59 Å². The molecule has 0 unspecified atom stereocenters. The second kappa shape index (κ2) is 13.9. The number of amides is 2. The zero-order valence-corrected chi connectivity index (χ0v) is 26.8. The van der Waals surface area contributed by atoms with Crippen molar-refractivity contribution < 1.29 is 27.5 Å². The summed E-state index contributed by atoms with van der Waals surface area (Å²) in [5.41, 5.74) is 1.49. The number of benzene rings is 1. The van der Waals surface area contributed by atoms with Crippen molar-refractivity contribution in [3.63, 3.8) is 0 Å². The molecule has 3 aromatic rings. The van der Waals surface area contributed by atoms with E-state index in [1.807, 2.05) is 23.1 Å². The SMILES string of the molecule is COC(=O)c1ccc(CNC[C@@H]2CCCN2C(=O)CN2CCC[C@H](NS(=O)(=O)c3ccc(-c4ccc(Cl)s4)s3)C2=O)cc1. The van der Waals surface area contributed by atoms with E-state index in [0.29, 0.717) is 48.9 Å². The second-order valence-corrected chi connectivity index (χ2v) is 15.2. The van der Waals surface area contributed by atoms with Gasteiger partial charge in [0.15, 0.2) is 0 Å². The fourth-order valence-electron chi connectivity index (χ4n) is 5.39. The molecule has 230 valence electrons. The molecule has 1 aromatic carbocycles. The molecule has 2 aliphatic rings. The lowest BCUT2D eigenvalue weighted by Gasteiger charge is -2.34. The highest BCUT2D eigenvalue weighted by molar-refractivity contribution is 7.91. The summed E-state index contributed by atoms with van der Waals surface area (Å²) in [5, 5.41) is 3.39. The van der Waals surface area contributed by atoms with Gasteiger partial charge in [-0.15, -0.1) is 22.7 Å². The molecule has 2 atom stereocenters. The van der Waals surface area contributed by atoms with E-state index in [1.54, 1.807) is 24.3 Å². The van der Waals surface area contributed by atoms with Gasteiger partial charge in [-0.25, -0.2) is 13.2 Å². The van der Waals surface area contributed by atoms with Gasteiger partial charge in [0.2, 0.25) is 11.8 Å². The van der Waals surface area contributed by atoms with Crippen molar-refractivity contribution in [2.45, 2.75) is 48.5 Å². The van der Waals surface area contributed by atoms with Crippen molar-refractivity contribution in [3.8, 4) is 9.75 Å². The molecule has 2 saturated heterocycles. The van der Waals surface area contributed by atoms with Crippen LogP contribution < -0.4 is 10.0 Å². The van der Waals surface area contributed by atoms with Gasteiger partial charge in [0.05, 0.1) is 23.6 Å². The second-order valence-electron chi connectivity index (χ2n) is 10.5. The number of esters is 1. The predicted octanol–water partition coefficient (Wildman–Crippen LogP) is 3.97. The molecule has 43 heavy (non-hydrogen) atoms. The van der Waals surface area contributed by atoms with Crippen molar-refractivity contribution in [2.75, 3.05) is 33.3 Å². The number of thiophene rings is 2. The third-order valence-corrected chi connectivity index (χ3v) is 12.1. The van der Waals surface area contributed by atoms with Gasteiger partial charge < -0.3 is 19.9 Å². The predicted molar refractivity (Wildman–Crippen MR) is 167 cm³/mol. The van der Waals surface area contributed by atoms with E-state index in [-0.39, 0.29) is 34.6 Å². The lowest BCUT2D eigenvalue weighted by atomic mass is 10.1. The maximum absolute atomic E-state index is 13.3. The number of nitrogens with zero attached hydrogens (tertiary/aromatic N) is 2. The van der Waals surface area contributed by atoms with Gasteiger partial charge in [0.25, 0.3) is 10.0 Å². The molecule has 2 aliphatic heterocycles. The Morgan fingerprint density at radius 2 is 1.72 bits per heavy atom. The minimum absolute atomic E-state index is 0.00212. The van der Waals surface area contributed by atoms with Crippen LogP contribution in [0, 0.1) is 0 Å². The van der Waals surface area contributed by atoms with Crippen molar-refractivity contribution in [1.82, 2.24) is 19.8 Å². The van der Waals surface area contributed by atoms with Crippen molar-refractivity contribution in [2.24, 2.45) is 0 Å². The summed E-state index contributed by atoms with van der Waals surface area (Å²) in [6, 6.07) is 13.1. The zero-order valence-electron chi connectivity index (χ0n) is 23.6. The molecule has 2 fully saturated rings. The van der Waals surface area contributed by atoms with Crippen LogP contribution in [0.5, 0.6) is 0 Å². The highest BCUT2D eigenvalue weighted by Crippen LogP contribution is 2.37. The maximum atomic E-state index is 13.3. The Labute approximate surface area is 264 Å². The number of hydrogen-bond donors (Lipinski definition) is 2. The third kappa shape index (κ3) is 7.65. The lowest BCUT2D eigenvalue weighted by Crippen LogP contribution is -2.55. The molecule has 0 spiro atoms. The normalized spacial score (nSPS) is 19.2.